The normalized spacial score (nSPS) is 30.2. The van der Waals surface area contributed by atoms with Crippen LogP contribution >= 0.6 is 0 Å². The Morgan fingerprint density at radius 3 is 2.62 bits per heavy atom. The van der Waals surface area contributed by atoms with Crippen molar-refractivity contribution in [3.05, 3.63) is 0 Å². The Bertz CT molecular complexity index is 177. The van der Waals surface area contributed by atoms with Gasteiger partial charge in [-0.3, -0.25) is 4.79 Å². The van der Waals surface area contributed by atoms with Crippen LogP contribution in [-0.4, -0.2) is 18.0 Å². The Labute approximate surface area is 80.7 Å². The highest BCUT2D eigenvalue weighted by atomic mass is 16.5. The fourth-order valence-electron chi connectivity index (χ4n) is 1.92. The average molecular weight is 184 g/mol. The van der Waals surface area contributed by atoms with Gasteiger partial charge in [0.15, 0.2) is 5.78 Å². The highest BCUT2D eigenvalue weighted by Crippen LogP contribution is 2.27. The summed E-state index contributed by atoms with van der Waals surface area (Å²) in [5, 5.41) is 0. The molecule has 0 aromatic rings. The van der Waals surface area contributed by atoms with E-state index < -0.39 is 5.60 Å². The second-order valence-electron chi connectivity index (χ2n) is 4.41. The van der Waals surface area contributed by atoms with Crippen LogP contribution in [-0.2, 0) is 9.53 Å². The van der Waals surface area contributed by atoms with Crippen LogP contribution in [0.1, 0.15) is 46.5 Å². The van der Waals surface area contributed by atoms with Crippen molar-refractivity contribution in [2.75, 3.05) is 6.61 Å². The van der Waals surface area contributed by atoms with Crippen LogP contribution in [0.3, 0.4) is 0 Å². The van der Waals surface area contributed by atoms with Crippen LogP contribution in [0.15, 0.2) is 0 Å². The van der Waals surface area contributed by atoms with Gasteiger partial charge in [-0.25, -0.2) is 0 Å². The number of carbonyl (C=O) groups excluding carboxylic acids is 1. The molecule has 0 radical (unpaired) electrons. The highest BCUT2D eigenvalue weighted by molar-refractivity contribution is 5.88. The molecule has 0 amide bonds. The largest absolute Gasteiger partial charge is 0.367 e. The molecule has 1 atom stereocenters. The van der Waals surface area contributed by atoms with Crippen molar-refractivity contribution in [2.45, 2.75) is 52.1 Å². The lowest BCUT2D eigenvalue weighted by atomic mass is 9.88. The van der Waals surface area contributed by atoms with Crippen molar-refractivity contribution in [3.8, 4) is 0 Å². The zero-order chi connectivity index (χ0) is 9.90. The van der Waals surface area contributed by atoms with Gasteiger partial charge in [0, 0.05) is 12.5 Å². The van der Waals surface area contributed by atoms with Gasteiger partial charge < -0.3 is 4.74 Å². The van der Waals surface area contributed by atoms with E-state index in [9.17, 15) is 4.79 Å². The van der Waals surface area contributed by atoms with Crippen LogP contribution < -0.4 is 0 Å². The van der Waals surface area contributed by atoms with Gasteiger partial charge in [-0.1, -0.05) is 26.7 Å². The van der Waals surface area contributed by atoms with E-state index in [1.54, 1.807) is 0 Å². The molecule has 2 nitrogen and oxygen atoms in total. The molecule has 76 valence electrons. The first-order valence-electron chi connectivity index (χ1n) is 5.24. The zero-order valence-corrected chi connectivity index (χ0v) is 8.93. The summed E-state index contributed by atoms with van der Waals surface area (Å²) in [5.74, 6) is 0.345. The lowest BCUT2D eigenvalue weighted by Crippen LogP contribution is -2.40. The number of hydrogen-bond donors (Lipinski definition) is 0. The van der Waals surface area contributed by atoms with Crippen molar-refractivity contribution in [1.29, 1.82) is 0 Å². The second kappa shape index (κ2) is 4.23. The minimum Gasteiger partial charge on any atom is -0.367 e. The third-order valence-corrected chi connectivity index (χ3v) is 2.76. The molecule has 1 heterocycles. The lowest BCUT2D eigenvalue weighted by molar-refractivity contribution is -0.145. The van der Waals surface area contributed by atoms with Crippen LogP contribution in [0.25, 0.3) is 0 Å². The summed E-state index contributed by atoms with van der Waals surface area (Å²) in [5.41, 5.74) is -0.495. The fourth-order valence-corrected chi connectivity index (χ4v) is 1.92. The fraction of sp³-hybridized carbons (Fsp3) is 0.909. The number of ether oxygens (including phenoxy) is 1. The summed E-state index contributed by atoms with van der Waals surface area (Å²) in [6, 6.07) is 0. The Balaban J connectivity index is 2.66. The predicted molar refractivity (Wildman–Crippen MR) is 52.7 cm³/mol. The van der Waals surface area contributed by atoms with E-state index in [1.807, 2.05) is 20.8 Å². The summed E-state index contributed by atoms with van der Waals surface area (Å²) in [7, 11) is 0. The number of hydrogen-bond acceptors (Lipinski definition) is 2. The third kappa shape index (κ3) is 2.53. The molecule has 1 aliphatic heterocycles. The number of rotatable bonds is 2. The smallest absolute Gasteiger partial charge is 0.166 e. The molecule has 2 heteroatoms. The first-order valence-corrected chi connectivity index (χ1v) is 5.24. The molecule has 1 aliphatic rings. The summed E-state index contributed by atoms with van der Waals surface area (Å²) < 4.78 is 5.66. The predicted octanol–water partition coefficient (Wildman–Crippen LogP) is 2.56. The Hall–Kier alpha value is -0.370. The second-order valence-corrected chi connectivity index (χ2v) is 4.41. The summed E-state index contributed by atoms with van der Waals surface area (Å²) in [6.07, 6.45) is 4.31. The molecule has 0 unspecified atom stereocenters. The number of ketones is 1. The van der Waals surface area contributed by atoms with Gasteiger partial charge in [0.1, 0.15) is 5.60 Å². The first-order chi connectivity index (χ1) is 6.06. The average Bonchev–Trinajstić information content (AvgIpc) is 2.29. The molecule has 0 aromatic carbocycles. The standard InChI is InChI=1S/C11H20O2/c1-9(2)10(12)11(3)7-5-4-6-8-13-11/h9H,4-8H2,1-3H3/t11-/m1/s1. The van der Waals surface area contributed by atoms with Crippen LogP contribution in [0.5, 0.6) is 0 Å². The Morgan fingerprint density at radius 1 is 1.31 bits per heavy atom. The molecule has 1 rings (SSSR count). The Kier molecular flexibility index (Phi) is 3.48. The van der Waals surface area contributed by atoms with E-state index in [-0.39, 0.29) is 11.7 Å². The Morgan fingerprint density at radius 2 is 2.00 bits per heavy atom. The van der Waals surface area contributed by atoms with Gasteiger partial charge >= 0.3 is 0 Å². The van der Waals surface area contributed by atoms with E-state index in [0.29, 0.717) is 0 Å². The highest BCUT2D eigenvalue weighted by Gasteiger charge is 2.35. The van der Waals surface area contributed by atoms with Gasteiger partial charge in [0.25, 0.3) is 0 Å². The topological polar surface area (TPSA) is 26.3 Å². The molecule has 1 saturated heterocycles. The maximum atomic E-state index is 11.8. The van der Waals surface area contributed by atoms with Crippen LogP contribution in [0, 0.1) is 5.92 Å². The number of carbonyl (C=O) groups is 1. The van der Waals surface area contributed by atoms with Crippen molar-refractivity contribution < 1.29 is 9.53 Å². The minimum atomic E-state index is -0.495. The van der Waals surface area contributed by atoms with Crippen molar-refractivity contribution in [1.82, 2.24) is 0 Å². The molecule has 0 spiro atoms. The maximum Gasteiger partial charge on any atom is 0.166 e. The van der Waals surface area contributed by atoms with Gasteiger partial charge in [0.2, 0.25) is 0 Å². The van der Waals surface area contributed by atoms with Crippen molar-refractivity contribution >= 4 is 5.78 Å². The van der Waals surface area contributed by atoms with Crippen molar-refractivity contribution in [2.24, 2.45) is 5.92 Å². The zero-order valence-electron chi connectivity index (χ0n) is 8.93. The molecule has 0 N–H and O–H groups in total. The van der Waals surface area contributed by atoms with E-state index in [2.05, 4.69) is 0 Å². The third-order valence-electron chi connectivity index (χ3n) is 2.76. The number of Topliss-reactive ketones (excluding diaryl/α,β-unsaturated/α-hetero) is 1. The molecule has 13 heavy (non-hydrogen) atoms. The molecular weight excluding hydrogens is 164 g/mol. The molecule has 1 fully saturated rings. The van der Waals surface area contributed by atoms with E-state index in [4.69, 9.17) is 4.74 Å². The first kappa shape index (κ1) is 10.7. The van der Waals surface area contributed by atoms with Gasteiger partial charge in [-0.2, -0.15) is 0 Å². The quantitative estimate of drug-likeness (QED) is 0.659. The SMILES string of the molecule is CC(C)C(=O)[C@@]1(C)CCCCCO1. The maximum absolute atomic E-state index is 11.8. The monoisotopic (exact) mass is 184 g/mol. The molecule has 0 aromatic heterocycles. The molecular formula is C11H20O2. The van der Waals surface area contributed by atoms with Crippen LogP contribution in [0.4, 0.5) is 0 Å². The van der Waals surface area contributed by atoms with E-state index in [0.717, 1.165) is 25.9 Å². The minimum absolute atomic E-state index is 0.0862. The van der Waals surface area contributed by atoms with E-state index >= 15 is 0 Å². The molecule has 0 aliphatic carbocycles. The van der Waals surface area contributed by atoms with E-state index in [1.165, 1.54) is 6.42 Å². The lowest BCUT2D eigenvalue weighted by Gasteiger charge is -2.28. The van der Waals surface area contributed by atoms with Gasteiger partial charge in [0.05, 0.1) is 0 Å². The van der Waals surface area contributed by atoms with Crippen LogP contribution in [0.2, 0.25) is 0 Å². The summed E-state index contributed by atoms with van der Waals surface area (Å²) in [4.78, 5) is 11.8. The molecule has 0 bridgehead atoms. The summed E-state index contributed by atoms with van der Waals surface area (Å²) >= 11 is 0. The van der Waals surface area contributed by atoms with Gasteiger partial charge in [-0.15, -0.1) is 0 Å². The van der Waals surface area contributed by atoms with Crippen molar-refractivity contribution in [3.63, 3.8) is 0 Å². The summed E-state index contributed by atoms with van der Waals surface area (Å²) in [6.45, 7) is 6.58. The molecule has 0 saturated carbocycles. The van der Waals surface area contributed by atoms with Gasteiger partial charge in [-0.05, 0) is 19.8 Å².